The van der Waals surface area contributed by atoms with E-state index in [4.69, 9.17) is 17.0 Å². The highest BCUT2D eigenvalue weighted by atomic mass is 32.2. The maximum absolute atomic E-state index is 12.9. The zero-order valence-corrected chi connectivity index (χ0v) is 17.5. The van der Waals surface area contributed by atoms with Crippen molar-refractivity contribution in [1.82, 2.24) is 0 Å². The average Bonchev–Trinajstić information content (AvgIpc) is 3.00. The molecule has 1 aliphatic heterocycles. The zero-order valence-electron chi connectivity index (χ0n) is 15.9. The van der Waals surface area contributed by atoms with Crippen LogP contribution in [0.5, 0.6) is 5.75 Å². The SMILES string of the molecule is Cc1cccc(N2C(=O)/C(=C\c3cccc(OCc4ccccc4)c3)SC2=S)c1. The highest BCUT2D eigenvalue weighted by Crippen LogP contribution is 2.36. The number of thioether (sulfide) groups is 1. The quantitative estimate of drug-likeness (QED) is 0.377. The van der Waals surface area contributed by atoms with Gasteiger partial charge in [-0.05, 0) is 54.0 Å². The smallest absolute Gasteiger partial charge is 0.270 e. The number of hydrogen-bond acceptors (Lipinski definition) is 4. The molecule has 5 heteroatoms. The minimum atomic E-state index is -0.0961. The number of thiocarbonyl (C=S) groups is 1. The highest BCUT2D eigenvalue weighted by molar-refractivity contribution is 8.27. The van der Waals surface area contributed by atoms with Gasteiger partial charge in [0.05, 0.1) is 10.6 Å². The number of carbonyl (C=O) groups is 1. The standard InChI is InChI=1S/C24H19NO2S2/c1-17-7-5-11-20(13-17)25-23(26)22(29-24(25)28)15-19-10-6-12-21(14-19)27-16-18-8-3-2-4-9-18/h2-15H,16H2,1H3/b22-15+. The third-order valence-corrected chi connectivity index (χ3v) is 5.76. The second-order valence-electron chi connectivity index (χ2n) is 6.70. The van der Waals surface area contributed by atoms with Crippen molar-refractivity contribution in [3.05, 3.63) is 100 Å². The summed E-state index contributed by atoms with van der Waals surface area (Å²) in [5.74, 6) is 0.665. The highest BCUT2D eigenvalue weighted by Gasteiger charge is 2.33. The molecular formula is C24H19NO2S2. The maximum Gasteiger partial charge on any atom is 0.270 e. The van der Waals surface area contributed by atoms with Crippen LogP contribution in [0.1, 0.15) is 16.7 Å². The average molecular weight is 418 g/mol. The van der Waals surface area contributed by atoms with E-state index in [1.54, 1.807) is 4.90 Å². The Morgan fingerprint density at radius 3 is 2.59 bits per heavy atom. The Morgan fingerprint density at radius 2 is 1.79 bits per heavy atom. The van der Waals surface area contributed by atoms with Crippen molar-refractivity contribution in [2.75, 3.05) is 4.90 Å². The zero-order chi connectivity index (χ0) is 20.2. The van der Waals surface area contributed by atoms with Crippen LogP contribution in [0.3, 0.4) is 0 Å². The molecule has 0 N–H and O–H groups in total. The summed E-state index contributed by atoms with van der Waals surface area (Å²) in [7, 11) is 0. The van der Waals surface area contributed by atoms with E-state index in [1.165, 1.54) is 11.8 Å². The third-order valence-electron chi connectivity index (χ3n) is 4.46. The number of ether oxygens (including phenoxy) is 1. The number of rotatable bonds is 5. The van der Waals surface area contributed by atoms with Gasteiger partial charge in [0.15, 0.2) is 4.32 Å². The fourth-order valence-corrected chi connectivity index (χ4v) is 4.34. The molecule has 0 unspecified atom stereocenters. The minimum absolute atomic E-state index is 0.0961. The lowest BCUT2D eigenvalue weighted by Gasteiger charge is -2.14. The summed E-state index contributed by atoms with van der Waals surface area (Å²) in [6, 6.07) is 25.5. The van der Waals surface area contributed by atoms with Crippen molar-refractivity contribution in [2.24, 2.45) is 0 Å². The van der Waals surface area contributed by atoms with Crippen LogP contribution in [0.4, 0.5) is 5.69 Å². The van der Waals surface area contributed by atoms with Crippen molar-refractivity contribution in [1.29, 1.82) is 0 Å². The molecule has 1 fully saturated rings. The van der Waals surface area contributed by atoms with Crippen LogP contribution in [0.15, 0.2) is 83.8 Å². The van der Waals surface area contributed by atoms with E-state index in [0.29, 0.717) is 15.8 Å². The monoisotopic (exact) mass is 417 g/mol. The predicted octanol–water partition coefficient (Wildman–Crippen LogP) is 5.98. The van der Waals surface area contributed by atoms with Crippen LogP contribution in [0.25, 0.3) is 6.08 Å². The van der Waals surface area contributed by atoms with E-state index in [1.807, 2.05) is 91.9 Å². The first kappa shape index (κ1) is 19.4. The molecule has 0 radical (unpaired) electrons. The molecule has 1 saturated heterocycles. The fraction of sp³-hybridized carbons (Fsp3) is 0.0833. The van der Waals surface area contributed by atoms with E-state index in [-0.39, 0.29) is 5.91 Å². The second kappa shape index (κ2) is 8.64. The molecule has 0 aliphatic carbocycles. The molecule has 0 saturated carbocycles. The second-order valence-corrected chi connectivity index (χ2v) is 8.38. The molecule has 3 aromatic carbocycles. The van der Waals surface area contributed by atoms with Crippen LogP contribution in [0, 0.1) is 6.92 Å². The normalized spacial score (nSPS) is 15.2. The van der Waals surface area contributed by atoms with Crippen molar-refractivity contribution in [3.8, 4) is 5.75 Å². The third kappa shape index (κ3) is 4.58. The Labute approximate surface area is 180 Å². The van der Waals surface area contributed by atoms with Crippen molar-refractivity contribution >= 4 is 46.0 Å². The summed E-state index contributed by atoms with van der Waals surface area (Å²) >= 11 is 6.78. The number of hydrogen-bond donors (Lipinski definition) is 0. The molecule has 1 amide bonds. The van der Waals surface area contributed by atoms with Crippen LogP contribution in [0.2, 0.25) is 0 Å². The fourth-order valence-electron chi connectivity index (χ4n) is 3.04. The first-order valence-corrected chi connectivity index (χ1v) is 10.4. The Kier molecular flexibility index (Phi) is 5.79. The molecule has 4 rings (SSSR count). The molecule has 0 aromatic heterocycles. The lowest BCUT2D eigenvalue weighted by atomic mass is 10.2. The van der Waals surface area contributed by atoms with Crippen LogP contribution in [-0.4, -0.2) is 10.2 Å². The predicted molar refractivity (Wildman–Crippen MR) is 124 cm³/mol. The first-order valence-electron chi connectivity index (χ1n) is 9.21. The van der Waals surface area contributed by atoms with Gasteiger partial charge in [-0.2, -0.15) is 0 Å². The number of carbonyl (C=O) groups excluding carboxylic acids is 1. The summed E-state index contributed by atoms with van der Waals surface area (Å²) < 4.78 is 6.44. The Hall–Kier alpha value is -2.89. The molecule has 29 heavy (non-hydrogen) atoms. The minimum Gasteiger partial charge on any atom is -0.489 e. The number of amides is 1. The topological polar surface area (TPSA) is 29.5 Å². The molecule has 144 valence electrons. The number of aryl methyl sites for hydroxylation is 1. The van der Waals surface area contributed by atoms with E-state index < -0.39 is 0 Å². The van der Waals surface area contributed by atoms with Gasteiger partial charge in [-0.3, -0.25) is 9.69 Å². The van der Waals surface area contributed by atoms with Gasteiger partial charge in [-0.15, -0.1) is 0 Å². The lowest BCUT2D eigenvalue weighted by molar-refractivity contribution is -0.113. The van der Waals surface area contributed by atoms with E-state index >= 15 is 0 Å². The largest absolute Gasteiger partial charge is 0.489 e. The van der Waals surface area contributed by atoms with Crippen LogP contribution in [-0.2, 0) is 11.4 Å². The van der Waals surface area contributed by atoms with Crippen LogP contribution < -0.4 is 9.64 Å². The Morgan fingerprint density at radius 1 is 1.00 bits per heavy atom. The summed E-state index contributed by atoms with van der Waals surface area (Å²) in [6.45, 7) is 2.50. The van der Waals surface area contributed by atoms with E-state index in [9.17, 15) is 4.79 Å². The van der Waals surface area contributed by atoms with Gasteiger partial charge in [0.1, 0.15) is 12.4 Å². The number of nitrogens with zero attached hydrogens (tertiary/aromatic N) is 1. The Balaban J connectivity index is 1.52. The van der Waals surface area contributed by atoms with Gasteiger partial charge < -0.3 is 4.74 Å². The summed E-state index contributed by atoms with van der Waals surface area (Å²) in [5, 5.41) is 0. The maximum atomic E-state index is 12.9. The molecule has 1 aliphatic rings. The van der Waals surface area contributed by atoms with Crippen LogP contribution >= 0.6 is 24.0 Å². The number of benzene rings is 3. The molecule has 3 aromatic rings. The van der Waals surface area contributed by atoms with Crippen molar-refractivity contribution < 1.29 is 9.53 Å². The first-order chi connectivity index (χ1) is 14.1. The molecule has 0 bridgehead atoms. The van der Waals surface area contributed by atoms with Gasteiger partial charge in [0.25, 0.3) is 5.91 Å². The number of anilines is 1. The van der Waals surface area contributed by atoms with E-state index in [0.717, 1.165) is 28.1 Å². The van der Waals surface area contributed by atoms with Gasteiger partial charge in [0.2, 0.25) is 0 Å². The lowest BCUT2D eigenvalue weighted by Crippen LogP contribution is -2.27. The summed E-state index contributed by atoms with van der Waals surface area (Å²) in [4.78, 5) is 15.1. The molecule has 3 nitrogen and oxygen atoms in total. The van der Waals surface area contributed by atoms with Crippen molar-refractivity contribution in [3.63, 3.8) is 0 Å². The van der Waals surface area contributed by atoms with Gasteiger partial charge in [-0.25, -0.2) is 0 Å². The molecule has 1 heterocycles. The Bertz CT molecular complexity index is 1090. The van der Waals surface area contributed by atoms with E-state index in [2.05, 4.69) is 0 Å². The summed E-state index contributed by atoms with van der Waals surface area (Å²) in [6.07, 6.45) is 1.87. The molecule has 0 spiro atoms. The molecular weight excluding hydrogens is 398 g/mol. The molecule has 0 atom stereocenters. The summed E-state index contributed by atoms with van der Waals surface area (Å²) in [5.41, 5.74) is 3.90. The van der Waals surface area contributed by atoms with Gasteiger partial charge in [0, 0.05) is 0 Å². The van der Waals surface area contributed by atoms with Crippen molar-refractivity contribution in [2.45, 2.75) is 13.5 Å². The van der Waals surface area contributed by atoms with Gasteiger partial charge in [-0.1, -0.05) is 78.6 Å². The van der Waals surface area contributed by atoms with Gasteiger partial charge >= 0.3 is 0 Å².